The maximum Gasteiger partial charge on any atom is 0.261 e. The molecule has 0 spiro atoms. The summed E-state index contributed by atoms with van der Waals surface area (Å²) in [4.78, 5) is 30.1. The molecule has 2 amide bonds. The Balaban J connectivity index is 1.54. The Kier molecular flexibility index (Phi) is 5.01. The number of rotatable bonds is 5. The number of ether oxygens (including phenoxy) is 1. The molecule has 3 aromatic carbocycles. The van der Waals surface area contributed by atoms with Gasteiger partial charge in [0.1, 0.15) is 5.75 Å². The van der Waals surface area contributed by atoms with E-state index in [-0.39, 0.29) is 17.9 Å². The number of hydrogen-bond donors (Lipinski definition) is 0. The van der Waals surface area contributed by atoms with E-state index in [0.29, 0.717) is 12.3 Å². The van der Waals surface area contributed by atoms with Crippen LogP contribution in [0.25, 0.3) is 0 Å². The highest BCUT2D eigenvalue weighted by Gasteiger charge is 2.73. The van der Waals surface area contributed by atoms with Crippen molar-refractivity contribution in [3.63, 3.8) is 0 Å². The predicted molar refractivity (Wildman–Crippen MR) is 129 cm³/mol. The molecule has 172 valence electrons. The number of hydrazine groups is 1. The topological polar surface area (TPSA) is 53.1 Å². The van der Waals surface area contributed by atoms with Gasteiger partial charge in [-0.2, -0.15) is 0 Å². The van der Waals surface area contributed by atoms with E-state index in [0.717, 1.165) is 36.4 Å². The maximum atomic E-state index is 14.5. The van der Waals surface area contributed by atoms with Crippen molar-refractivity contribution < 1.29 is 14.3 Å². The quantitative estimate of drug-likeness (QED) is 0.544. The van der Waals surface area contributed by atoms with Crippen molar-refractivity contribution in [2.75, 3.05) is 24.6 Å². The van der Waals surface area contributed by atoms with Crippen LogP contribution in [0.3, 0.4) is 0 Å². The number of anilines is 1. The molecule has 0 radical (unpaired) electrons. The highest BCUT2D eigenvalue weighted by molar-refractivity contribution is 6.26. The van der Waals surface area contributed by atoms with Crippen molar-refractivity contribution in [3.8, 4) is 5.75 Å². The predicted octanol–water partition coefficient (Wildman–Crippen LogP) is 4.15. The van der Waals surface area contributed by atoms with Crippen molar-refractivity contribution in [3.05, 3.63) is 96.1 Å². The van der Waals surface area contributed by atoms with Crippen LogP contribution in [0.4, 0.5) is 5.69 Å². The molecule has 6 nitrogen and oxygen atoms in total. The van der Waals surface area contributed by atoms with E-state index in [9.17, 15) is 9.59 Å². The van der Waals surface area contributed by atoms with Crippen LogP contribution in [0.5, 0.6) is 5.75 Å². The summed E-state index contributed by atoms with van der Waals surface area (Å²) in [6, 6.07) is 27.0. The highest BCUT2D eigenvalue weighted by atomic mass is 16.5. The molecule has 3 saturated heterocycles. The summed E-state index contributed by atoms with van der Waals surface area (Å²) < 4.78 is 5.57. The Morgan fingerprint density at radius 2 is 1.56 bits per heavy atom. The van der Waals surface area contributed by atoms with Crippen LogP contribution in [0, 0.1) is 5.92 Å². The molecule has 0 unspecified atom stereocenters. The Morgan fingerprint density at radius 1 is 0.882 bits per heavy atom. The Morgan fingerprint density at radius 3 is 2.24 bits per heavy atom. The maximum absolute atomic E-state index is 14.5. The van der Waals surface area contributed by atoms with Crippen molar-refractivity contribution in [1.29, 1.82) is 0 Å². The average Bonchev–Trinajstić information content (AvgIpc) is 3.52. The number of imide groups is 1. The monoisotopic (exact) mass is 453 g/mol. The van der Waals surface area contributed by atoms with Gasteiger partial charge in [-0.15, -0.1) is 0 Å². The van der Waals surface area contributed by atoms with E-state index in [2.05, 4.69) is 22.2 Å². The number of carbonyl (C=O) groups excluding carboxylic acids is 2. The SMILES string of the molecule is CCOc1ccc(N2C(=O)[C@@H]3[C@@H](c4ccccc4)N4CCCN4[C@@]3(c3ccccc3)C2=O)cc1. The Bertz CT molecular complexity index is 1210. The molecule has 0 N–H and O–H groups in total. The van der Waals surface area contributed by atoms with E-state index < -0.39 is 11.5 Å². The number of amides is 2. The summed E-state index contributed by atoms with van der Waals surface area (Å²) >= 11 is 0. The molecule has 0 saturated carbocycles. The highest BCUT2D eigenvalue weighted by Crippen LogP contribution is 2.59. The van der Waals surface area contributed by atoms with E-state index in [1.165, 1.54) is 4.90 Å². The smallest absolute Gasteiger partial charge is 0.261 e. The van der Waals surface area contributed by atoms with Crippen LogP contribution in [-0.4, -0.2) is 41.5 Å². The van der Waals surface area contributed by atoms with Gasteiger partial charge >= 0.3 is 0 Å². The minimum Gasteiger partial charge on any atom is -0.494 e. The molecule has 0 aliphatic carbocycles. The van der Waals surface area contributed by atoms with Gasteiger partial charge in [-0.25, -0.2) is 14.9 Å². The molecule has 34 heavy (non-hydrogen) atoms. The first-order valence-electron chi connectivity index (χ1n) is 11.9. The zero-order chi connectivity index (χ0) is 23.3. The van der Waals surface area contributed by atoms with Gasteiger partial charge in [0.15, 0.2) is 5.54 Å². The van der Waals surface area contributed by atoms with Crippen molar-refractivity contribution >= 4 is 17.5 Å². The van der Waals surface area contributed by atoms with Gasteiger partial charge in [-0.3, -0.25) is 9.59 Å². The largest absolute Gasteiger partial charge is 0.494 e. The minimum atomic E-state index is -1.06. The lowest BCUT2D eigenvalue weighted by atomic mass is 9.75. The zero-order valence-electron chi connectivity index (χ0n) is 19.1. The van der Waals surface area contributed by atoms with Crippen molar-refractivity contribution in [1.82, 2.24) is 10.0 Å². The number of nitrogens with zero attached hydrogens (tertiary/aromatic N) is 3. The second-order valence-electron chi connectivity index (χ2n) is 9.01. The van der Waals surface area contributed by atoms with Crippen LogP contribution in [-0.2, 0) is 15.1 Å². The van der Waals surface area contributed by atoms with E-state index in [1.807, 2.05) is 67.6 Å². The van der Waals surface area contributed by atoms with E-state index in [4.69, 9.17) is 4.74 Å². The Labute approximate surface area is 199 Å². The number of hydrogen-bond acceptors (Lipinski definition) is 5. The third kappa shape index (κ3) is 2.82. The van der Waals surface area contributed by atoms with Gasteiger partial charge in [0.05, 0.1) is 24.3 Å². The molecule has 0 bridgehead atoms. The van der Waals surface area contributed by atoms with Crippen molar-refractivity contribution in [2.24, 2.45) is 5.92 Å². The normalized spacial score (nSPS) is 26.7. The summed E-state index contributed by atoms with van der Waals surface area (Å²) in [5.74, 6) is -0.155. The van der Waals surface area contributed by atoms with Gasteiger partial charge in [0.25, 0.3) is 5.91 Å². The first-order valence-corrected chi connectivity index (χ1v) is 11.9. The average molecular weight is 454 g/mol. The lowest BCUT2D eigenvalue weighted by Gasteiger charge is -2.36. The molecule has 3 aromatic rings. The Hall–Kier alpha value is -3.48. The summed E-state index contributed by atoms with van der Waals surface area (Å²) in [7, 11) is 0. The molecule has 3 aliphatic heterocycles. The van der Waals surface area contributed by atoms with Crippen LogP contribution in [0.2, 0.25) is 0 Å². The number of benzene rings is 3. The lowest BCUT2D eigenvalue weighted by molar-refractivity contribution is -0.134. The van der Waals surface area contributed by atoms with Crippen LogP contribution >= 0.6 is 0 Å². The molecule has 3 heterocycles. The third-order valence-corrected chi connectivity index (χ3v) is 7.34. The van der Waals surface area contributed by atoms with Gasteiger partial charge in [0.2, 0.25) is 5.91 Å². The fraction of sp³-hybridized carbons (Fsp3) is 0.286. The number of carbonyl (C=O) groups is 2. The molecule has 3 atom stereocenters. The van der Waals surface area contributed by atoms with E-state index in [1.54, 1.807) is 12.1 Å². The fourth-order valence-corrected chi connectivity index (χ4v) is 6.09. The molecular formula is C28H27N3O3. The molecule has 6 heteroatoms. The van der Waals surface area contributed by atoms with Crippen LogP contribution in [0.15, 0.2) is 84.9 Å². The molecular weight excluding hydrogens is 426 g/mol. The molecule has 6 rings (SSSR count). The second-order valence-corrected chi connectivity index (χ2v) is 9.01. The summed E-state index contributed by atoms with van der Waals surface area (Å²) in [5.41, 5.74) is 1.46. The first kappa shape index (κ1) is 21.1. The molecule has 3 fully saturated rings. The molecule has 3 aliphatic rings. The summed E-state index contributed by atoms with van der Waals surface area (Å²) in [6.45, 7) is 4.06. The fourth-order valence-electron chi connectivity index (χ4n) is 6.09. The second kappa shape index (κ2) is 8.08. The lowest BCUT2D eigenvalue weighted by Crippen LogP contribution is -2.52. The van der Waals surface area contributed by atoms with Crippen LogP contribution < -0.4 is 9.64 Å². The van der Waals surface area contributed by atoms with E-state index >= 15 is 0 Å². The van der Waals surface area contributed by atoms with Crippen molar-refractivity contribution in [2.45, 2.75) is 24.9 Å². The summed E-state index contributed by atoms with van der Waals surface area (Å²) in [6.07, 6.45) is 0.954. The van der Waals surface area contributed by atoms with Gasteiger partial charge in [-0.05, 0) is 48.7 Å². The van der Waals surface area contributed by atoms with Gasteiger partial charge in [-0.1, -0.05) is 60.7 Å². The summed E-state index contributed by atoms with van der Waals surface area (Å²) in [5, 5.41) is 4.44. The van der Waals surface area contributed by atoms with Gasteiger partial charge < -0.3 is 4.74 Å². The zero-order valence-corrected chi connectivity index (χ0v) is 19.1. The third-order valence-electron chi connectivity index (χ3n) is 7.34. The number of fused-ring (bicyclic) bond motifs is 3. The molecule has 0 aromatic heterocycles. The first-order chi connectivity index (χ1) is 16.7. The van der Waals surface area contributed by atoms with Crippen LogP contribution in [0.1, 0.15) is 30.5 Å². The minimum absolute atomic E-state index is 0.152. The van der Waals surface area contributed by atoms with Gasteiger partial charge in [0, 0.05) is 13.1 Å². The standard InChI is InChI=1S/C28H27N3O3/c1-2-34-23-16-14-22(15-17-23)31-26(32)24-25(20-10-5-3-6-11-20)29-18-9-19-30(29)28(24,27(31)33)21-12-7-4-8-13-21/h3-8,10-17,24-25H,2,9,18-19H2,1H3/t24-,25+,28+/m0/s1.